The Morgan fingerprint density at radius 2 is 1.80 bits per heavy atom. The average Bonchev–Trinajstić information content (AvgIpc) is 3.17. The van der Waals surface area contributed by atoms with Crippen molar-refractivity contribution in [1.82, 2.24) is 14.7 Å². The molecule has 1 aliphatic heterocycles. The fourth-order valence-corrected chi connectivity index (χ4v) is 2.71. The number of likely N-dealkylation sites (tertiary alicyclic amines) is 1. The van der Waals surface area contributed by atoms with Gasteiger partial charge in [-0.2, -0.15) is 5.10 Å². The van der Waals surface area contributed by atoms with Crippen LogP contribution >= 0.6 is 0 Å². The lowest BCUT2D eigenvalue weighted by atomic mass is 10.1. The van der Waals surface area contributed by atoms with Gasteiger partial charge in [0.2, 0.25) is 0 Å². The number of nitrogens with zero attached hydrogens (tertiary/aromatic N) is 3. The summed E-state index contributed by atoms with van der Waals surface area (Å²) in [4.78, 5) is 2.52. The highest BCUT2D eigenvalue weighted by atomic mass is 15.3. The van der Waals surface area contributed by atoms with Crippen molar-refractivity contribution in [1.29, 1.82) is 0 Å². The van der Waals surface area contributed by atoms with E-state index in [0.29, 0.717) is 0 Å². The third-order valence-electron chi connectivity index (χ3n) is 3.98. The van der Waals surface area contributed by atoms with Crippen LogP contribution in [0.1, 0.15) is 12.8 Å². The Morgan fingerprint density at radius 3 is 2.50 bits per heavy atom. The van der Waals surface area contributed by atoms with E-state index in [9.17, 15) is 0 Å². The minimum atomic E-state index is 0.981. The van der Waals surface area contributed by atoms with Gasteiger partial charge in [-0.05, 0) is 43.6 Å². The van der Waals surface area contributed by atoms with E-state index in [0.717, 1.165) is 18.8 Å². The molecule has 0 spiro atoms. The molecule has 0 aliphatic carbocycles. The highest BCUT2D eigenvalue weighted by Gasteiger charge is 2.11. The van der Waals surface area contributed by atoms with Crippen molar-refractivity contribution in [3.8, 4) is 11.1 Å². The smallest absolute Gasteiger partial charge is 0.0568 e. The summed E-state index contributed by atoms with van der Waals surface area (Å²) in [5.74, 6) is 0. The monoisotopic (exact) mass is 270 g/mol. The quantitative estimate of drug-likeness (QED) is 0.907. The number of benzene rings is 1. The van der Waals surface area contributed by atoms with Gasteiger partial charge >= 0.3 is 0 Å². The Labute approximate surface area is 120 Å². The molecule has 1 saturated heterocycles. The predicted molar refractivity (Wildman–Crippen MR) is 82.9 cm³/mol. The molecular weight excluding hydrogens is 248 g/mol. The summed E-state index contributed by atoms with van der Waals surface area (Å²) in [6, 6.07) is 8.45. The lowest BCUT2D eigenvalue weighted by Crippen LogP contribution is -2.24. The Morgan fingerprint density at radius 1 is 1.05 bits per heavy atom. The van der Waals surface area contributed by atoms with Gasteiger partial charge in [-0.1, -0.05) is 12.1 Å². The summed E-state index contributed by atoms with van der Waals surface area (Å²) in [6.45, 7) is 4.59. The predicted octanol–water partition coefficient (Wildman–Crippen LogP) is 2.69. The first-order chi connectivity index (χ1) is 9.85. The van der Waals surface area contributed by atoms with Crippen molar-refractivity contribution >= 4 is 5.69 Å². The second-order valence-corrected chi connectivity index (χ2v) is 5.37. The van der Waals surface area contributed by atoms with E-state index in [2.05, 4.69) is 50.5 Å². The van der Waals surface area contributed by atoms with Gasteiger partial charge in [-0.15, -0.1) is 0 Å². The summed E-state index contributed by atoms with van der Waals surface area (Å²) in [5, 5.41) is 7.61. The normalized spacial score (nSPS) is 15.7. The van der Waals surface area contributed by atoms with Crippen molar-refractivity contribution in [2.45, 2.75) is 19.4 Å². The third kappa shape index (κ3) is 3.02. The molecule has 0 amide bonds. The lowest BCUT2D eigenvalue weighted by Gasteiger charge is -2.13. The summed E-state index contributed by atoms with van der Waals surface area (Å²) in [7, 11) is 1.94. The van der Waals surface area contributed by atoms with Crippen molar-refractivity contribution in [3.63, 3.8) is 0 Å². The molecule has 2 aromatic rings. The molecule has 1 aromatic carbocycles. The van der Waals surface area contributed by atoms with Gasteiger partial charge in [-0.25, -0.2) is 0 Å². The van der Waals surface area contributed by atoms with Crippen molar-refractivity contribution in [3.05, 3.63) is 36.7 Å². The van der Waals surface area contributed by atoms with Crippen LogP contribution in [-0.4, -0.2) is 41.4 Å². The van der Waals surface area contributed by atoms with Gasteiger partial charge in [0.05, 0.1) is 12.7 Å². The molecule has 4 nitrogen and oxygen atoms in total. The van der Waals surface area contributed by atoms with Crippen LogP contribution in [0.3, 0.4) is 0 Å². The fourth-order valence-electron chi connectivity index (χ4n) is 2.71. The molecule has 1 aromatic heterocycles. The highest BCUT2D eigenvalue weighted by Crippen LogP contribution is 2.20. The summed E-state index contributed by atoms with van der Waals surface area (Å²) in [5.41, 5.74) is 3.54. The van der Waals surface area contributed by atoms with Crippen LogP contribution in [0.15, 0.2) is 36.7 Å². The second-order valence-electron chi connectivity index (χ2n) is 5.37. The van der Waals surface area contributed by atoms with Crippen LogP contribution < -0.4 is 5.32 Å². The number of rotatable bonds is 5. The zero-order chi connectivity index (χ0) is 13.8. The Kier molecular flexibility index (Phi) is 4.02. The first-order valence-electron chi connectivity index (χ1n) is 7.38. The molecule has 1 aliphatic rings. The highest BCUT2D eigenvalue weighted by molar-refractivity contribution is 5.64. The average molecular weight is 270 g/mol. The van der Waals surface area contributed by atoms with Crippen molar-refractivity contribution in [2.24, 2.45) is 0 Å². The first kappa shape index (κ1) is 13.2. The number of anilines is 1. The fraction of sp³-hybridized carbons (Fsp3) is 0.438. The molecule has 2 heterocycles. The van der Waals surface area contributed by atoms with Crippen LogP contribution in [0, 0.1) is 0 Å². The topological polar surface area (TPSA) is 33.1 Å². The van der Waals surface area contributed by atoms with Gasteiger partial charge in [0.25, 0.3) is 0 Å². The molecule has 1 N–H and O–H groups in total. The van der Waals surface area contributed by atoms with Crippen LogP contribution in [0.25, 0.3) is 11.1 Å². The van der Waals surface area contributed by atoms with Crippen LogP contribution in [0.5, 0.6) is 0 Å². The maximum atomic E-state index is 4.47. The van der Waals surface area contributed by atoms with E-state index in [1.807, 2.05) is 13.2 Å². The number of nitrogens with one attached hydrogen (secondary N) is 1. The molecule has 106 valence electrons. The second kappa shape index (κ2) is 6.09. The SMILES string of the molecule is CNc1ccc(-c2cnn(CCN3CCCC3)c2)cc1. The number of hydrogen-bond donors (Lipinski definition) is 1. The molecule has 20 heavy (non-hydrogen) atoms. The zero-order valence-corrected chi connectivity index (χ0v) is 12.0. The first-order valence-corrected chi connectivity index (χ1v) is 7.38. The molecule has 0 saturated carbocycles. The van der Waals surface area contributed by atoms with Gasteiger partial charge in [-0.3, -0.25) is 4.68 Å². The number of hydrogen-bond acceptors (Lipinski definition) is 3. The van der Waals surface area contributed by atoms with E-state index in [1.165, 1.54) is 37.1 Å². The Bertz CT molecular complexity index is 538. The molecule has 0 unspecified atom stereocenters. The third-order valence-corrected chi connectivity index (χ3v) is 3.98. The van der Waals surface area contributed by atoms with E-state index in [4.69, 9.17) is 0 Å². The molecule has 4 heteroatoms. The Balaban J connectivity index is 1.62. The molecule has 0 radical (unpaired) electrons. The van der Waals surface area contributed by atoms with E-state index in [1.54, 1.807) is 0 Å². The van der Waals surface area contributed by atoms with Gasteiger partial charge in [0.15, 0.2) is 0 Å². The summed E-state index contributed by atoms with van der Waals surface area (Å²) in [6.07, 6.45) is 6.80. The van der Waals surface area contributed by atoms with Crippen molar-refractivity contribution in [2.75, 3.05) is 32.0 Å². The van der Waals surface area contributed by atoms with E-state index < -0.39 is 0 Å². The number of aromatic nitrogens is 2. The maximum Gasteiger partial charge on any atom is 0.0568 e. The molecule has 0 bridgehead atoms. The van der Waals surface area contributed by atoms with Crippen LogP contribution in [0.2, 0.25) is 0 Å². The van der Waals surface area contributed by atoms with E-state index >= 15 is 0 Å². The minimum Gasteiger partial charge on any atom is -0.388 e. The molecule has 3 rings (SSSR count). The van der Waals surface area contributed by atoms with Crippen LogP contribution in [-0.2, 0) is 6.54 Å². The molecule has 0 atom stereocenters. The van der Waals surface area contributed by atoms with Crippen LogP contribution in [0.4, 0.5) is 5.69 Å². The molecule has 1 fully saturated rings. The summed E-state index contributed by atoms with van der Waals surface area (Å²) >= 11 is 0. The maximum absolute atomic E-state index is 4.47. The minimum absolute atomic E-state index is 0.981. The van der Waals surface area contributed by atoms with Gasteiger partial charge in [0, 0.05) is 31.0 Å². The molecular formula is C16H22N4. The van der Waals surface area contributed by atoms with Gasteiger partial charge < -0.3 is 10.2 Å². The Hall–Kier alpha value is -1.81. The van der Waals surface area contributed by atoms with Crippen molar-refractivity contribution < 1.29 is 0 Å². The van der Waals surface area contributed by atoms with Gasteiger partial charge in [0.1, 0.15) is 0 Å². The lowest BCUT2D eigenvalue weighted by molar-refractivity contribution is 0.316. The summed E-state index contributed by atoms with van der Waals surface area (Å²) < 4.78 is 2.06. The zero-order valence-electron chi connectivity index (χ0n) is 12.0. The largest absolute Gasteiger partial charge is 0.388 e. The van der Waals surface area contributed by atoms with E-state index in [-0.39, 0.29) is 0 Å². The standard InChI is InChI=1S/C16H22N4/c1-17-16-6-4-14(5-7-16)15-12-18-20(13-15)11-10-19-8-2-3-9-19/h4-7,12-13,17H,2-3,8-11H2,1H3.